The normalized spacial score (nSPS) is 10.4. The van der Waals surface area contributed by atoms with Gasteiger partial charge in [-0.3, -0.25) is 4.79 Å². The van der Waals surface area contributed by atoms with Gasteiger partial charge in [-0.25, -0.2) is 14.4 Å². The molecule has 0 fully saturated rings. The van der Waals surface area contributed by atoms with Crippen molar-refractivity contribution < 1.29 is 13.9 Å². The molecule has 0 radical (unpaired) electrons. The minimum absolute atomic E-state index is 0.179. The molecule has 0 aliphatic heterocycles. The lowest BCUT2D eigenvalue weighted by Gasteiger charge is -2.11. The van der Waals surface area contributed by atoms with Gasteiger partial charge in [0.05, 0.1) is 12.3 Å². The number of methoxy groups -OCH3 is 1. The van der Waals surface area contributed by atoms with E-state index >= 15 is 0 Å². The molecule has 27 heavy (non-hydrogen) atoms. The molecule has 0 saturated heterocycles. The van der Waals surface area contributed by atoms with Gasteiger partial charge in [0.1, 0.15) is 17.3 Å². The van der Waals surface area contributed by atoms with Gasteiger partial charge in [-0.2, -0.15) is 0 Å². The molecule has 0 unspecified atom stereocenters. The second-order valence-corrected chi connectivity index (χ2v) is 5.68. The molecule has 0 spiro atoms. The topological polar surface area (TPSA) is 76.1 Å². The Morgan fingerprint density at radius 2 is 1.81 bits per heavy atom. The molecule has 0 atom stereocenters. The van der Waals surface area contributed by atoms with Gasteiger partial charge in [0.15, 0.2) is 5.82 Å². The van der Waals surface area contributed by atoms with Crippen molar-refractivity contribution in [2.45, 2.75) is 0 Å². The van der Waals surface area contributed by atoms with Crippen LogP contribution in [0.5, 0.6) is 0 Å². The standard InChI is InChI=1S/C20H19FN4O2/c1-27-12-11-22-20(26)17-13-18(23-16-10-6-5-9-15(16)21)25-19(24-17)14-7-3-2-4-8-14/h2-10,13H,11-12H2,1H3,(H,22,26)(H,23,24,25). The highest BCUT2D eigenvalue weighted by Crippen LogP contribution is 2.22. The maximum atomic E-state index is 14.0. The number of halogens is 1. The Hall–Kier alpha value is -3.32. The van der Waals surface area contributed by atoms with Gasteiger partial charge in [0.2, 0.25) is 0 Å². The first-order chi connectivity index (χ1) is 13.2. The Morgan fingerprint density at radius 1 is 1.07 bits per heavy atom. The molecule has 3 rings (SSSR count). The predicted octanol–water partition coefficient (Wildman–Crippen LogP) is 3.40. The van der Waals surface area contributed by atoms with Crippen LogP contribution in [0.4, 0.5) is 15.9 Å². The van der Waals surface area contributed by atoms with Crippen LogP contribution in [0, 0.1) is 5.82 Å². The van der Waals surface area contributed by atoms with Crippen molar-refractivity contribution in [2.24, 2.45) is 0 Å². The fraction of sp³-hybridized carbons (Fsp3) is 0.150. The van der Waals surface area contributed by atoms with Crippen LogP contribution in [-0.4, -0.2) is 36.1 Å². The van der Waals surface area contributed by atoms with E-state index in [1.165, 1.54) is 12.1 Å². The Kier molecular flexibility index (Phi) is 6.06. The summed E-state index contributed by atoms with van der Waals surface area (Å²) in [5, 5.41) is 5.64. The smallest absolute Gasteiger partial charge is 0.270 e. The van der Waals surface area contributed by atoms with Crippen LogP contribution < -0.4 is 10.6 Å². The number of hydrogen-bond donors (Lipinski definition) is 2. The average Bonchev–Trinajstić information content (AvgIpc) is 2.70. The Labute approximate surface area is 156 Å². The van der Waals surface area contributed by atoms with E-state index in [0.29, 0.717) is 24.8 Å². The van der Waals surface area contributed by atoms with E-state index in [1.807, 2.05) is 30.3 Å². The van der Waals surface area contributed by atoms with E-state index < -0.39 is 5.82 Å². The highest BCUT2D eigenvalue weighted by Gasteiger charge is 2.14. The van der Waals surface area contributed by atoms with Crippen molar-refractivity contribution in [3.8, 4) is 11.4 Å². The monoisotopic (exact) mass is 366 g/mol. The fourth-order valence-corrected chi connectivity index (χ4v) is 2.40. The Balaban J connectivity index is 1.95. The molecular weight excluding hydrogens is 347 g/mol. The molecule has 1 heterocycles. The maximum Gasteiger partial charge on any atom is 0.270 e. The summed E-state index contributed by atoms with van der Waals surface area (Å²) in [5.41, 5.74) is 1.19. The van der Waals surface area contributed by atoms with Crippen LogP contribution in [0.3, 0.4) is 0 Å². The number of amides is 1. The molecule has 138 valence electrons. The van der Waals surface area contributed by atoms with E-state index in [1.54, 1.807) is 25.3 Å². The molecule has 0 bridgehead atoms. The maximum absolute atomic E-state index is 14.0. The van der Waals surface area contributed by atoms with Gasteiger partial charge in [-0.15, -0.1) is 0 Å². The number of ether oxygens (including phenoxy) is 1. The fourth-order valence-electron chi connectivity index (χ4n) is 2.40. The van der Waals surface area contributed by atoms with Crippen LogP contribution >= 0.6 is 0 Å². The third-order valence-electron chi connectivity index (χ3n) is 3.72. The van der Waals surface area contributed by atoms with Gasteiger partial charge in [0.25, 0.3) is 5.91 Å². The van der Waals surface area contributed by atoms with Crippen LogP contribution in [-0.2, 0) is 4.74 Å². The number of carbonyl (C=O) groups excluding carboxylic acids is 1. The van der Waals surface area contributed by atoms with Gasteiger partial charge >= 0.3 is 0 Å². The first kappa shape index (κ1) is 18.5. The second kappa shape index (κ2) is 8.86. The number of benzene rings is 2. The summed E-state index contributed by atoms with van der Waals surface area (Å²) in [7, 11) is 1.56. The van der Waals surface area contributed by atoms with Gasteiger partial charge in [-0.1, -0.05) is 42.5 Å². The Morgan fingerprint density at radius 3 is 2.56 bits per heavy atom. The van der Waals surface area contributed by atoms with E-state index in [4.69, 9.17) is 4.74 Å². The zero-order chi connectivity index (χ0) is 19.1. The highest BCUT2D eigenvalue weighted by atomic mass is 19.1. The van der Waals surface area contributed by atoms with E-state index in [0.717, 1.165) is 5.56 Å². The minimum Gasteiger partial charge on any atom is -0.383 e. The van der Waals surface area contributed by atoms with E-state index in [2.05, 4.69) is 20.6 Å². The molecule has 0 aliphatic carbocycles. The summed E-state index contributed by atoms with van der Waals surface area (Å²) in [6.07, 6.45) is 0. The summed E-state index contributed by atoms with van der Waals surface area (Å²) in [4.78, 5) is 21.2. The molecule has 3 aromatic rings. The van der Waals surface area contributed by atoms with Crippen LogP contribution in [0.15, 0.2) is 60.7 Å². The quantitative estimate of drug-likeness (QED) is 0.627. The molecule has 1 amide bonds. The Bertz CT molecular complexity index is 919. The zero-order valence-electron chi connectivity index (χ0n) is 14.8. The number of nitrogens with one attached hydrogen (secondary N) is 2. The molecule has 2 N–H and O–H groups in total. The molecule has 1 aromatic heterocycles. The molecule has 0 saturated carbocycles. The average molecular weight is 366 g/mol. The number of rotatable bonds is 7. The van der Waals surface area contributed by atoms with Gasteiger partial charge < -0.3 is 15.4 Å². The minimum atomic E-state index is -0.413. The van der Waals surface area contributed by atoms with Crippen LogP contribution in [0.2, 0.25) is 0 Å². The summed E-state index contributed by atoms with van der Waals surface area (Å²) < 4.78 is 18.9. The zero-order valence-corrected chi connectivity index (χ0v) is 14.8. The van der Waals surface area contributed by atoms with Crippen molar-refractivity contribution in [3.63, 3.8) is 0 Å². The summed E-state index contributed by atoms with van der Waals surface area (Å²) in [6.45, 7) is 0.749. The van der Waals surface area contributed by atoms with Gasteiger partial charge in [-0.05, 0) is 12.1 Å². The number of para-hydroxylation sites is 1. The van der Waals surface area contributed by atoms with Crippen molar-refractivity contribution in [3.05, 3.63) is 72.2 Å². The highest BCUT2D eigenvalue weighted by molar-refractivity contribution is 5.93. The molecule has 7 heteroatoms. The number of anilines is 2. The third-order valence-corrected chi connectivity index (χ3v) is 3.72. The largest absolute Gasteiger partial charge is 0.383 e. The molecular formula is C20H19FN4O2. The van der Waals surface area contributed by atoms with Crippen molar-refractivity contribution >= 4 is 17.4 Å². The summed E-state index contributed by atoms with van der Waals surface area (Å²) in [5.74, 6) is -0.0774. The SMILES string of the molecule is COCCNC(=O)c1cc(Nc2ccccc2F)nc(-c2ccccc2)n1. The van der Waals surface area contributed by atoms with Crippen molar-refractivity contribution in [1.29, 1.82) is 0 Å². The molecule has 6 nitrogen and oxygen atoms in total. The van der Waals surface area contributed by atoms with Crippen LogP contribution in [0.25, 0.3) is 11.4 Å². The summed E-state index contributed by atoms with van der Waals surface area (Å²) in [6, 6.07) is 17.0. The molecule has 0 aliphatic rings. The lowest BCUT2D eigenvalue weighted by Crippen LogP contribution is -2.28. The second-order valence-electron chi connectivity index (χ2n) is 5.68. The number of hydrogen-bond acceptors (Lipinski definition) is 5. The summed E-state index contributed by atoms with van der Waals surface area (Å²) >= 11 is 0. The number of carbonyl (C=O) groups is 1. The van der Waals surface area contributed by atoms with E-state index in [-0.39, 0.29) is 17.3 Å². The first-order valence-electron chi connectivity index (χ1n) is 8.40. The van der Waals surface area contributed by atoms with Crippen molar-refractivity contribution in [1.82, 2.24) is 15.3 Å². The van der Waals surface area contributed by atoms with Crippen molar-refractivity contribution in [2.75, 3.05) is 25.6 Å². The number of aromatic nitrogens is 2. The molecule has 2 aromatic carbocycles. The van der Waals surface area contributed by atoms with Gasteiger partial charge in [0, 0.05) is 25.3 Å². The lowest BCUT2D eigenvalue weighted by molar-refractivity contribution is 0.0932. The predicted molar refractivity (Wildman–Crippen MR) is 101 cm³/mol. The third kappa shape index (κ3) is 4.86. The number of nitrogens with zero attached hydrogens (tertiary/aromatic N) is 2. The lowest BCUT2D eigenvalue weighted by atomic mass is 10.2. The van der Waals surface area contributed by atoms with E-state index in [9.17, 15) is 9.18 Å². The first-order valence-corrected chi connectivity index (χ1v) is 8.40. The van der Waals surface area contributed by atoms with Crippen LogP contribution in [0.1, 0.15) is 10.5 Å².